The Bertz CT molecular complexity index is 976. The van der Waals surface area contributed by atoms with E-state index >= 15 is 0 Å². The monoisotopic (exact) mass is 350 g/mol. The molecule has 0 atom stereocenters. The van der Waals surface area contributed by atoms with Gasteiger partial charge in [-0.2, -0.15) is 0 Å². The minimum Gasteiger partial charge on any atom is -0.497 e. The fraction of sp³-hybridized carbons (Fsp3) is 0.190. The van der Waals surface area contributed by atoms with Crippen molar-refractivity contribution in [2.24, 2.45) is 7.05 Å². The highest BCUT2D eigenvalue weighted by molar-refractivity contribution is 5.74. The largest absolute Gasteiger partial charge is 0.497 e. The van der Waals surface area contributed by atoms with Gasteiger partial charge >= 0.3 is 0 Å². The minimum absolute atomic E-state index is 0.0118. The molecule has 5 nitrogen and oxygen atoms in total. The second-order valence-corrected chi connectivity index (χ2v) is 6.06. The summed E-state index contributed by atoms with van der Waals surface area (Å²) < 4.78 is 12.8. The second-order valence-electron chi connectivity index (χ2n) is 6.06. The Hall–Kier alpha value is -3.21. The number of aromatic nitrogens is 1. The number of rotatable bonds is 5. The molecule has 0 bridgehead atoms. The Kier molecular flexibility index (Phi) is 4.98. The van der Waals surface area contributed by atoms with Gasteiger partial charge in [0.1, 0.15) is 17.2 Å². The molecule has 26 heavy (non-hydrogen) atoms. The molecule has 1 aromatic heterocycles. The molecular formula is C21H22N2O3. The van der Waals surface area contributed by atoms with E-state index in [4.69, 9.17) is 15.2 Å². The molecule has 0 aliphatic heterocycles. The smallest absolute Gasteiger partial charge is 0.253 e. The molecule has 0 saturated carbocycles. The van der Waals surface area contributed by atoms with Crippen LogP contribution in [0.3, 0.4) is 0 Å². The Balaban J connectivity index is 2.06. The molecule has 134 valence electrons. The first-order chi connectivity index (χ1) is 12.5. The highest BCUT2D eigenvalue weighted by atomic mass is 16.5. The van der Waals surface area contributed by atoms with Crippen molar-refractivity contribution in [3.8, 4) is 28.4 Å². The van der Waals surface area contributed by atoms with Gasteiger partial charge in [-0.25, -0.2) is 0 Å². The van der Waals surface area contributed by atoms with Crippen LogP contribution in [0.1, 0.15) is 12.5 Å². The quantitative estimate of drug-likeness (QED) is 0.706. The lowest BCUT2D eigenvalue weighted by Crippen LogP contribution is -2.20. The number of hydrogen-bond donors (Lipinski definition) is 1. The topological polar surface area (TPSA) is 66.5 Å². The van der Waals surface area contributed by atoms with E-state index in [0.29, 0.717) is 23.6 Å². The van der Waals surface area contributed by atoms with Crippen molar-refractivity contribution in [3.05, 3.63) is 70.6 Å². The van der Waals surface area contributed by atoms with Gasteiger partial charge in [0.25, 0.3) is 5.56 Å². The summed E-state index contributed by atoms with van der Waals surface area (Å²) in [5, 5.41) is 0. The van der Waals surface area contributed by atoms with E-state index in [1.807, 2.05) is 49.4 Å². The lowest BCUT2D eigenvalue weighted by molar-refractivity contribution is 0.413. The Morgan fingerprint density at radius 3 is 2.38 bits per heavy atom. The molecule has 0 saturated heterocycles. The normalized spacial score (nSPS) is 10.6. The molecule has 1 heterocycles. The van der Waals surface area contributed by atoms with Crippen LogP contribution in [0, 0.1) is 0 Å². The molecule has 3 aromatic rings. The first-order valence-corrected chi connectivity index (χ1v) is 8.43. The van der Waals surface area contributed by atoms with E-state index in [1.165, 1.54) is 0 Å². The Labute approximate surface area is 152 Å². The number of nitrogens with zero attached hydrogens (tertiary/aromatic N) is 1. The third-order valence-corrected chi connectivity index (χ3v) is 4.24. The lowest BCUT2D eigenvalue weighted by Gasteiger charge is -2.14. The highest BCUT2D eigenvalue weighted by Gasteiger charge is 2.12. The SMILES string of the molecule is CCc1cc(-c2cc(N)ccc2Oc2ccc(OC)cc2)cn(C)c1=O. The van der Waals surface area contributed by atoms with Gasteiger partial charge in [-0.1, -0.05) is 6.92 Å². The maximum Gasteiger partial charge on any atom is 0.253 e. The first kappa shape index (κ1) is 17.6. The van der Waals surface area contributed by atoms with Gasteiger partial charge in [0.05, 0.1) is 7.11 Å². The van der Waals surface area contributed by atoms with Crippen LogP contribution < -0.4 is 20.8 Å². The second kappa shape index (κ2) is 7.35. The zero-order chi connectivity index (χ0) is 18.7. The molecule has 0 aliphatic carbocycles. The zero-order valence-electron chi connectivity index (χ0n) is 15.2. The van der Waals surface area contributed by atoms with Crippen LogP contribution in [0.15, 0.2) is 59.5 Å². The molecule has 2 aromatic carbocycles. The summed E-state index contributed by atoms with van der Waals surface area (Å²) in [6, 6.07) is 14.8. The molecule has 0 radical (unpaired) electrons. The molecule has 3 rings (SSSR count). The Morgan fingerprint density at radius 1 is 1.04 bits per heavy atom. The predicted molar refractivity (Wildman–Crippen MR) is 104 cm³/mol. The van der Waals surface area contributed by atoms with Crippen molar-refractivity contribution in [1.82, 2.24) is 4.57 Å². The van der Waals surface area contributed by atoms with E-state index in [9.17, 15) is 4.79 Å². The fourth-order valence-corrected chi connectivity index (χ4v) is 2.81. The van der Waals surface area contributed by atoms with Crippen LogP contribution >= 0.6 is 0 Å². The maximum absolute atomic E-state index is 12.2. The van der Waals surface area contributed by atoms with Crippen LogP contribution in [0.5, 0.6) is 17.2 Å². The molecule has 0 aliphatic rings. The number of nitrogens with two attached hydrogens (primary N) is 1. The molecule has 0 fully saturated rings. The van der Waals surface area contributed by atoms with Crippen molar-refractivity contribution in [2.45, 2.75) is 13.3 Å². The number of aryl methyl sites for hydroxylation is 2. The zero-order valence-corrected chi connectivity index (χ0v) is 15.2. The van der Waals surface area contributed by atoms with E-state index in [0.717, 1.165) is 22.4 Å². The van der Waals surface area contributed by atoms with Crippen molar-refractivity contribution in [3.63, 3.8) is 0 Å². The molecule has 2 N–H and O–H groups in total. The summed E-state index contributed by atoms with van der Waals surface area (Å²) in [6.45, 7) is 1.97. The summed E-state index contributed by atoms with van der Waals surface area (Å²) in [6.07, 6.45) is 2.47. The number of pyridine rings is 1. The van der Waals surface area contributed by atoms with Gasteiger partial charge in [0.15, 0.2) is 0 Å². The summed E-state index contributed by atoms with van der Waals surface area (Å²) >= 11 is 0. The van der Waals surface area contributed by atoms with Crippen molar-refractivity contribution in [1.29, 1.82) is 0 Å². The molecule has 0 unspecified atom stereocenters. The average Bonchev–Trinajstić information content (AvgIpc) is 2.66. The van der Waals surface area contributed by atoms with Crippen molar-refractivity contribution in [2.75, 3.05) is 12.8 Å². The summed E-state index contributed by atoms with van der Waals surface area (Å²) in [7, 11) is 3.38. The minimum atomic E-state index is 0.0118. The predicted octanol–water partition coefficient (Wildman–Crippen LogP) is 4.00. The third kappa shape index (κ3) is 3.57. The standard InChI is InChI=1S/C21H22N2O3/c1-4-14-11-15(13-23(2)21(14)24)19-12-16(22)5-10-20(19)26-18-8-6-17(25-3)7-9-18/h5-13H,4,22H2,1-3H3. The number of anilines is 1. The number of nitrogen functional groups attached to an aromatic ring is 1. The van der Waals surface area contributed by atoms with Crippen LogP contribution in [0.25, 0.3) is 11.1 Å². The summed E-state index contributed by atoms with van der Waals surface area (Å²) in [5.41, 5.74) is 9.12. The van der Waals surface area contributed by atoms with Gasteiger partial charge in [-0.3, -0.25) is 4.79 Å². The molecule has 5 heteroatoms. The van der Waals surface area contributed by atoms with Gasteiger partial charge in [-0.15, -0.1) is 0 Å². The first-order valence-electron chi connectivity index (χ1n) is 8.43. The van der Waals surface area contributed by atoms with Crippen molar-refractivity contribution >= 4 is 5.69 Å². The molecule has 0 amide bonds. The van der Waals surface area contributed by atoms with Crippen LogP contribution in [0.4, 0.5) is 5.69 Å². The van der Waals surface area contributed by atoms with Gasteiger partial charge in [-0.05, 0) is 55.0 Å². The maximum atomic E-state index is 12.2. The third-order valence-electron chi connectivity index (χ3n) is 4.24. The number of methoxy groups -OCH3 is 1. The van der Waals surface area contributed by atoms with Crippen LogP contribution in [-0.4, -0.2) is 11.7 Å². The fourth-order valence-electron chi connectivity index (χ4n) is 2.81. The van der Waals surface area contributed by atoms with E-state index < -0.39 is 0 Å². The number of ether oxygens (including phenoxy) is 2. The van der Waals surface area contributed by atoms with Crippen LogP contribution in [0.2, 0.25) is 0 Å². The molecule has 0 spiro atoms. The molecular weight excluding hydrogens is 328 g/mol. The van der Waals surface area contributed by atoms with E-state index in [1.54, 1.807) is 31.0 Å². The number of hydrogen-bond acceptors (Lipinski definition) is 4. The van der Waals surface area contributed by atoms with E-state index in [-0.39, 0.29) is 5.56 Å². The Morgan fingerprint density at radius 2 is 1.73 bits per heavy atom. The van der Waals surface area contributed by atoms with Crippen LogP contribution in [-0.2, 0) is 13.5 Å². The lowest BCUT2D eigenvalue weighted by atomic mass is 10.0. The number of benzene rings is 2. The van der Waals surface area contributed by atoms with Gasteiger partial charge in [0.2, 0.25) is 0 Å². The van der Waals surface area contributed by atoms with Gasteiger partial charge in [0, 0.05) is 35.6 Å². The average molecular weight is 350 g/mol. The summed E-state index contributed by atoms with van der Waals surface area (Å²) in [5.74, 6) is 2.13. The summed E-state index contributed by atoms with van der Waals surface area (Å²) in [4.78, 5) is 12.2. The van der Waals surface area contributed by atoms with Gasteiger partial charge < -0.3 is 19.8 Å². The van der Waals surface area contributed by atoms with Crippen molar-refractivity contribution < 1.29 is 9.47 Å². The highest BCUT2D eigenvalue weighted by Crippen LogP contribution is 2.35. The van der Waals surface area contributed by atoms with E-state index in [2.05, 4.69) is 0 Å².